The minimum absolute atomic E-state index is 0.174. The number of nitrogens with zero attached hydrogens (tertiary/aromatic N) is 1. The van der Waals surface area contributed by atoms with Crippen LogP contribution in [0, 0.1) is 5.82 Å². The zero-order valence-corrected chi connectivity index (χ0v) is 12.0. The molecule has 0 radical (unpaired) electrons. The minimum atomic E-state index is -0.174. The zero-order chi connectivity index (χ0) is 13.4. The average molecular weight is 270 g/mol. The quantitative estimate of drug-likeness (QED) is 0.737. The highest BCUT2D eigenvalue weighted by Crippen LogP contribution is 2.12. The van der Waals surface area contributed by atoms with Crippen molar-refractivity contribution in [2.45, 2.75) is 25.4 Å². The van der Waals surface area contributed by atoms with Crippen LogP contribution < -0.4 is 5.73 Å². The monoisotopic (exact) mass is 270 g/mol. The van der Waals surface area contributed by atoms with Crippen LogP contribution in [0.4, 0.5) is 4.39 Å². The third-order valence-corrected chi connectivity index (χ3v) is 3.80. The highest BCUT2D eigenvalue weighted by atomic mass is 32.2. The number of halogens is 1. The van der Waals surface area contributed by atoms with Crippen LogP contribution in [0.2, 0.25) is 0 Å². The van der Waals surface area contributed by atoms with Crippen LogP contribution >= 0.6 is 11.8 Å². The largest absolute Gasteiger partial charge is 0.329 e. The van der Waals surface area contributed by atoms with Gasteiger partial charge >= 0.3 is 0 Å². The van der Waals surface area contributed by atoms with E-state index >= 15 is 0 Å². The van der Waals surface area contributed by atoms with E-state index in [9.17, 15) is 4.39 Å². The Kier molecular flexibility index (Phi) is 7.32. The van der Waals surface area contributed by atoms with E-state index < -0.39 is 0 Å². The first-order chi connectivity index (χ1) is 8.67. The third kappa shape index (κ3) is 5.38. The van der Waals surface area contributed by atoms with Gasteiger partial charge in [-0.05, 0) is 49.6 Å². The van der Waals surface area contributed by atoms with E-state index in [1.165, 1.54) is 18.2 Å². The molecular formula is C14H23FN2S. The maximum absolute atomic E-state index is 13.1. The molecule has 0 aromatic heterocycles. The fourth-order valence-corrected chi connectivity index (χ4v) is 2.49. The Morgan fingerprint density at radius 2 is 2.22 bits per heavy atom. The van der Waals surface area contributed by atoms with Gasteiger partial charge in [-0.3, -0.25) is 4.90 Å². The van der Waals surface area contributed by atoms with Gasteiger partial charge < -0.3 is 5.73 Å². The first-order valence-electron chi connectivity index (χ1n) is 6.31. The summed E-state index contributed by atoms with van der Waals surface area (Å²) in [6.45, 7) is 1.40. The number of hydrogen-bond donors (Lipinski definition) is 1. The van der Waals surface area contributed by atoms with Gasteiger partial charge in [-0.15, -0.1) is 0 Å². The molecule has 0 spiro atoms. The molecule has 0 saturated carbocycles. The van der Waals surface area contributed by atoms with Gasteiger partial charge in [-0.2, -0.15) is 11.8 Å². The lowest BCUT2D eigenvalue weighted by Crippen LogP contribution is -2.37. The van der Waals surface area contributed by atoms with Gasteiger partial charge in [0, 0.05) is 19.1 Å². The van der Waals surface area contributed by atoms with Crippen molar-refractivity contribution in [2.75, 3.05) is 25.6 Å². The minimum Gasteiger partial charge on any atom is -0.329 e. The topological polar surface area (TPSA) is 29.3 Å². The van der Waals surface area contributed by atoms with Crippen molar-refractivity contribution < 1.29 is 4.39 Å². The normalized spacial score (nSPS) is 12.9. The number of benzene rings is 1. The molecule has 1 unspecified atom stereocenters. The van der Waals surface area contributed by atoms with Gasteiger partial charge in [0.25, 0.3) is 0 Å². The van der Waals surface area contributed by atoms with E-state index in [1.807, 2.05) is 17.8 Å². The van der Waals surface area contributed by atoms with Crippen molar-refractivity contribution in [3.05, 3.63) is 35.6 Å². The van der Waals surface area contributed by atoms with Crippen LogP contribution in [0.5, 0.6) is 0 Å². The lowest BCUT2D eigenvalue weighted by molar-refractivity contribution is 0.226. The summed E-state index contributed by atoms with van der Waals surface area (Å²) in [4.78, 5) is 2.22. The van der Waals surface area contributed by atoms with E-state index in [4.69, 9.17) is 5.73 Å². The Bertz CT molecular complexity index is 346. The standard InChI is InChI=1S/C14H23FN2S/c1-17(14(10-16)7-4-8-18-2)11-12-5-3-6-13(15)9-12/h3,5-6,9,14H,4,7-8,10-11,16H2,1-2H3. The lowest BCUT2D eigenvalue weighted by atomic mass is 10.1. The molecule has 1 rings (SSSR count). The molecule has 4 heteroatoms. The molecule has 0 aliphatic carbocycles. The predicted molar refractivity (Wildman–Crippen MR) is 78.3 cm³/mol. The average Bonchev–Trinajstić information content (AvgIpc) is 2.34. The fourth-order valence-electron chi connectivity index (χ4n) is 2.03. The number of thioether (sulfide) groups is 1. The Balaban J connectivity index is 2.48. The lowest BCUT2D eigenvalue weighted by Gasteiger charge is -2.27. The van der Waals surface area contributed by atoms with Gasteiger partial charge in [0.1, 0.15) is 5.82 Å². The molecule has 0 saturated heterocycles. The van der Waals surface area contributed by atoms with Crippen LogP contribution in [0.15, 0.2) is 24.3 Å². The highest BCUT2D eigenvalue weighted by molar-refractivity contribution is 7.98. The highest BCUT2D eigenvalue weighted by Gasteiger charge is 2.13. The van der Waals surface area contributed by atoms with Crippen LogP contribution in [0.1, 0.15) is 18.4 Å². The Labute approximate surface area is 114 Å². The molecule has 1 aromatic rings. The Morgan fingerprint density at radius 1 is 1.44 bits per heavy atom. The van der Waals surface area contributed by atoms with Gasteiger partial charge in [-0.1, -0.05) is 12.1 Å². The van der Waals surface area contributed by atoms with Crippen LogP contribution in [-0.4, -0.2) is 36.5 Å². The molecule has 1 aromatic carbocycles. The summed E-state index contributed by atoms with van der Waals surface area (Å²) >= 11 is 1.86. The van der Waals surface area contributed by atoms with Crippen LogP contribution in [0.25, 0.3) is 0 Å². The number of likely N-dealkylation sites (N-methyl/N-ethyl adjacent to an activating group) is 1. The van der Waals surface area contributed by atoms with Crippen molar-refractivity contribution in [3.63, 3.8) is 0 Å². The summed E-state index contributed by atoms with van der Waals surface area (Å²) in [5.74, 6) is 0.997. The van der Waals surface area contributed by atoms with E-state index in [1.54, 1.807) is 12.1 Å². The van der Waals surface area contributed by atoms with E-state index in [-0.39, 0.29) is 5.82 Å². The molecule has 18 heavy (non-hydrogen) atoms. The Morgan fingerprint density at radius 3 is 2.83 bits per heavy atom. The SMILES string of the molecule is CSCCCC(CN)N(C)Cc1cccc(F)c1. The summed E-state index contributed by atoms with van der Waals surface area (Å²) in [7, 11) is 2.06. The van der Waals surface area contributed by atoms with Gasteiger partial charge in [0.2, 0.25) is 0 Å². The molecule has 0 aliphatic rings. The van der Waals surface area contributed by atoms with Gasteiger partial charge in [-0.25, -0.2) is 4.39 Å². The van der Waals surface area contributed by atoms with Crippen LogP contribution in [0.3, 0.4) is 0 Å². The second-order valence-electron chi connectivity index (χ2n) is 4.57. The summed E-state index contributed by atoms with van der Waals surface area (Å²) in [6.07, 6.45) is 4.40. The van der Waals surface area contributed by atoms with Gasteiger partial charge in [0.15, 0.2) is 0 Å². The maximum atomic E-state index is 13.1. The maximum Gasteiger partial charge on any atom is 0.123 e. The van der Waals surface area contributed by atoms with E-state index in [0.717, 1.165) is 18.5 Å². The summed E-state index contributed by atoms with van der Waals surface area (Å²) < 4.78 is 13.1. The first-order valence-corrected chi connectivity index (χ1v) is 7.70. The summed E-state index contributed by atoms with van der Waals surface area (Å²) in [6, 6.07) is 7.15. The fraction of sp³-hybridized carbons (Fsp3) is 0.571. The molecule has 2 nitrogen and oxygen atoms in total. The second-order valence-corrected chi connectivity index (χ2v) is 5.56. The van der Waals surface area contributed by atoms with Crippen LogP contribution in [-0.2, 0) is 6.54 Å². The number of nitrogens with two attached hydrogens (primary N) is 1. The third-order valence-electron chi connectivity index (χ3n) is 3.10. The van der Waals surface area contributed by atoms with Crippen molar-refractivity contribution in [3.8, 4) is 0 Å². The van der Waals surface area contributed by atoms with Crippen molar-refractivity contribution in [1.82, 2.24) is 4.90 Å². The molecule has 0 heterocycles. The van der Waals surface area contributed by atoms with E-state index in [2.05, 4.69) is 18.2 Å². The Hall–Kier alpha value is -0.580. The number of hydrogen-bond acceptors (Lipinski definition) is 3. The predicted octanol–water partition coefficient (Wildman–Crippen LogP) is 2.73. The van der Waals surface area contributed by atoms with Crippen molar-refractivity contribution >= 4 is 11.8 Å². The molecule has 1 atom stereocenters. The molecule has 102 valence electrons. The first kappa shape index (κ1) is 15.5. The molecule has 2 N–H and O–H groups in total. The second kappa shape index (κ2) is 8.51. The molecule has 0 aliphatic heterocycles. The summed E-state index contributed by atoms with van der Waals surface area (Å²) in [5.41, 5.74) is 6.82. The summed E-state index contributed by atoms with van der Waals surface area (Å²) in [5, 5.41) is 0. The zero-order valence-electron chi connectivity index (χ0n) is 11.2. The van der Waals surface area contributed by atoms with Gasteiger partial charge in [0.05, 0.1) is 0 Å². The smallest absolute Gasteiger partial charge is 0.123 e. The molecule has 0 amide bonds. The number of rotatable bonds is 8. The molecular weight excluding hydrogens is 247 g/mol. The van der Waals surface area contributed by atoms with Crippen molar-refractivity contribution in [2.24, 2.45) is 5.73 Å². The van der Waals surface area contributed by atoms with E-state index in [0.29, 0.717) is 12.6 Å². The van der Waals surface area contributed by atoms with Crippen molar-refractivity contribution in [1.29, 1.82) is 0 Å². The molecule has 0 bridgehead atoms. The molecule has 0 fully saturated rings.